The molecule has 1 aliphatic rings. The van der Waals surface area contributed by atoms with Crippen LogP contribution in [0.25, 0.3) is 0 Å². The van der Waals surface area contributed by atoms with Crippen molar-refractivity contribution in [2.45, 2.75) is 18.8 Å². The molecule has 1 saturated heterocycles. The SMILES string of the molecule is Cn1nnc(C(=O)O)c1C1CCNCC1. The predicted molar refractivity (Wildman–Crippen MR) is 52.8 cm³/mol. The summed E-state index contributed by atoms with van der Waals surface area (Å²) in [6.45, 7) is 1.85. The lowest BCUT2D eigenvalue weighted by molar-refractivity contribution is 0.0688. The van der Waals surface area contributed by atoms with Crippen molar-refractivity contribution in [2.24, 2.45) is 7.05 Å². The average Bonchev–Trinajstić information content (AvgIpc) is 2.61. The van der Waals surface area contributed by atoms with Crippen LogP contribution in [0.1, 0.15) is 34.9 Å². The van der Waals surface area contributed by atoms with Crippen molar-refractivity contribution in [3.05, 3.63) is 11.4 Å². The molecular formula is C9H14N4O2. The summed E-state index contributed by atoms with van der Waals surface area (Å²) in [5, 5.41) is 19.7. The molecule has 15 heavy (non-hydrogen) atoms. The van der Waals surface area contributed by atoms with Crippen molar-refractivity contribution in [1.29, 1.82) is 0 Å². The molecule has 0 atom stereocenters. The smallest absolute Gasteiger partial charge is 0.358 e. The molecule has 0 aromatic carbocycles. The topological polar surface area (TPSA) is 80.0 Å². The van der Waals surface area contributed by atoms with Gasteiger partial charge in [-0.1, -0.05) is 5.21 Å². The van der Waals surface area contributed by atoms with Crippen molar-refractivity contribution < 1.29 is 9.90 Å². The number of piperidine rings is 1. The van der Waals surface area contributed by atoms with Gasteiger partial charge in [-0.05, 0) is 25.9 Å². The summed E-state index contributed by atoms with van der Waals surface area (Å²) >= 11 is 0. The maximum absolute atomic E-state index is 10.9. The number of carbonyl (C=O) groups is 1. The largest absolute Gasteiger partial charge is 0.476 e. The van der Waals surface area contributed by atoms with Crippen LogP contribution in [0.15, 0.2) is 0 Å². The van der Waals surface area contributed by atoms with Crippen LogP contribution < -0.4 is 5.32 Å². The highest BCUT2D eigenvalue weighted by molar-refractivity contribution is 5.86. The van der Waals surface area contributed by atoms with Crippen LogP contribution in [0, 0.1) is 0 Å². The number of nitrogens with one attached hydrogen (secondary N) is 1. The van der Waals surface area contributed by atoms with E-state index >= 15 is 0 Å². The number of aromatic carboxylic acids is 1. The van der Waals surface area contributed by atoms with Gasteiger partial charge in [-0.2, -0.15) is 0 Å². The molecule has 2 rings (SSSR count). The second-order valence-corrected chi connectivity index (χ2v) is 3.78. The molecule has 82 valence electrons. The van der Waals surface area contributed by atoms with Crippen LogP contribution in [0.3, 0.4) is 0 Å². The van der Waals surface area contributed by atoms with Crippen LogP contribution in [0.4, 0.5) is 0 Å². The Hall–Kier alpha value is -1.43. The zero-order valence-corrected chi connectivity index (χ0v) is 8.60. The second-order valence-electron chi connectivity index (χ2n) is 3.78. The highest BCUT2D eigenvalue weighted by atomic mass is 16.4. The minimum absolute atomic E-state index is 0.101. The summed E-state index contributed by atoms with van der Waals surface area (Å²) in [4.78, 5) is 10.9. The molecule has 2 N–H and O–H groups in total. The van der Waals surface area contributed by atoms with E-state index < -0.39 is 5.97 Å². The lowest BCUT2D eigenvalue weighted by Gasteiger charge is -2.22. The zero-order chi connectivity index (χ0) is 10.8. The Kier molecular flexibility index (Phi) is 2.68. The van der Waals surface area contributed by atoms with E-state index in [-0.39, 0.29) is 11.6 Å². The van der Waals surface area contributed by atoms with Gasteiger partial charge in [0.05, 0.1) is 5.69 Å². The van der Waals surface area contributed by atoms with Gasteiger partial charge in [0.15, 0.2) is 5.69 Å². The Morgan fingerprint density at radius 1 is 1.53 bits per heavy atom. The Labute approximate surface area is 87.3 Å². The third kappa shape index (κ3) is 1.85. The molecule has 1 aromatic rings. The summed E-state index contributed by atoms with van der Waals surface area (Å²) in [6.07, 6.45) is 1.89. The van der Waals surface area contributed by atoms with Gasteiger partial charge in [-0.3, -0.25) is 4.68 Å². The number of rotatable bonds is 2. The van der Waals surface area contributed by atoms with E-state index in [0.717, 1.165) is 31.6 Å². The van der Waals surface area contributed by atoms with Crippen LogP contribution in [-0.4, -0.2) is 39.2 Å². The highest BCUT2D eigenvalue weighted by Crippen LogP contribution is 2.26. The Morgan fingerprint density at radius 2 is 2.20 bits per heavy atom. The lowest BCUT2D eigenvalue weighted by Crippen LogP contribution is -2.28. The molecule has 6 heteroatoms. The second kappa shape index (κ2) is 3.98. The van der Waals surface area contributed by atoms with Crippen molar-refractivity contribution >= 4 is 5.97 Å². The van der Waals surface area contributed by atoms with E-state index in [1.54, 1.807) is 11.7 Å². The van der Waals surface area contributed by atoms with Gasteiger partial charge < -0.3 is 10.4 Å². The molecule has 0 spiro atoms. The average molecular weight is 210 g/mol. The van der Waals surface area contributed by atoms with Crippen molar-refractivity contribution in [1.82, 2.24) is 20.3 Å². The van der Waals surface area contributed by atoms with Crippen molar-refractivity contribution in [3.63, 3.8) is 0 Å². The molecule has 0 amide bonds. The fourth-order valence-corrected chi connectivity index (χ4v) is 2.07. The quantitative estimate of drug-likeness (QED) is 0.717. The zero-order valence-electron chi connectivity index (χ0n) is 8.60. The first-order valence-corrected chi connectivity index (χ1v) is 5.03. The number of hydrogen-bond acceptors (Lipinski definition) is 4. The summed E-state index contributed by atoms with van der Waals surface area (Å²) in [7, 11) is 1.75. The third-order valence-corrected chi connectivity index (χ3v) is 2.80. The molecule has 1 aromatic heterocycles. The molecule has 0 saturated carbocycles. The molecule has 0 bridgehead atoms. The van der Waals surface area contributed by atoms with Crippen molar-refractivity contribution in [3.8, 4) is 0 Å². The van der Waals surface area contributed by atoms with Gasteiger partial charge in [-0.15, -0.1) is 5.10 Å². The number of aryl methyl sites for hydroxylation is 1. The van der Waals surface area contributed by atoms with Crippen LogP contribution in [-0.2, 0) is 7.05 Å². The maximum atomic E-state index is 10.9. The molecule has 0 unspecified atom stereocenters. The minimum Gasteiger partial charge on any atom is -0.476 e. The van der Waals surface area contributed by atoms with E-state index in [4.69, 9.17) is 5.11 Å². The van der Waals surface area contributed by atoms with Gasteiger partial charge in [0.1, 0.15) is 0 Å². The fraction of sp³-hybridized carbons (Fsp3) is 0.667. The number of aromatic nitrogens is 3. The number of carboxylic acid groups (broad SMARTS) is 1. The summed E-state index contributed by atoms with van der Waals surface area (Å²) < 4.78 is 1.58. The normalized spacial score (nSPS) is 17.9. The molecule has 1 aliphatic heterocycles. The first kappa shape index (κ1) is 10.1. The van der Waals surface area contributed by atoms with E-state index in [9.17, 15) is 4.79 Å². The summed E-state index contributed by atoms with van der Waals surface area (Å²) in [5.74, 6) is -0.728. The number of carboxylic acids is 1. The maximum Gasteiger partial charge on any atom is 0.358 e. The van der Waals surface area contributed by atoms with E-state index in [2.05, 4.69) is 15.6 Å². The van der Waals surface area contributed by atoms with Gasteiger partial charge in [0.25, 0.3) is 0 Å². The molecule has 2 heterocycles. The Bertz CT molecular complexity index is 368. The van der Waals surface area contributed by atoms with Crippen LogP contribution >= 0.6 is 0 Å². The molecule has 6 nitrogen and oxygen atoms in total. The molecule has 0 aliphatic carbocycles. The molecule has 0 radical (unpaired) electrons. The van der Waals surface area contributed by atoms with Gasteiger partial charge in [0, 0.05) is 13.0 Å². The van der Waals surface area contributed by atoms with Gasteiger partial charge in [-0.25, -0.2) is 4.79 Å². The van der Waals surface area contributed by atoms with Crippen molar-refractivity contribution in [2.75, 3.05) is 13.1 Å². The fourth-order valence-electron chi connectivity index (χ4n) is 2.07. The first-order valence-electron chi connectivity index (χ1n) is 5.03. The Morgan fingerprint density at radius 3 is 2.80 bits per heavy atom. The van der Waals surface area contributed by atoms with Crippen LogP contribution in [0.2, 0.25) is 0 Å². The minimum atomic E-state index is -0.989. The monoisotopic (exact) mass is 210 g/mol. The standard InChI is InChI=1S/C9H14N4O2/c1-13-8(6-2-4-10-5-3-6)7(9(14)15)11-12-13/h6,10H,2-5H2,1H3,(H,14,15). The van der Waals surface area contributed by atoms with E-state index in [0.29, 0.717) is 0 Å². The summed E-state index contributed by atoms with van der Waals surface area (Å²) in [6, 6.07) is 0. The predicted octanol–water partition coefficient (Wildman–Crippen LogP) is -0.0197. The number of nitrogens with zero attached hydrogens (tertiary/aromatic N) is 3. The first-order chi connectivity index (χ1) is 7.20. The van der Waals surface area contributed by atoms with E-state index in [1.807, 2.05) is 0 Å². The van der Waals surface area contributed by atoms with Crippen LogP contribution in [0.5, 0.6) is 0 Å². The Balaban J connectivity index is 2.32. The highest BCUT2D eigenvalue weighted by Gasteiger charge is 2.26. The summed E-state index contributed by atoms with van der Waals surface area (Å²) in [5.41, 5.74) is 0.855. The molecule has 1 fully saturated rings. The van der Waals surface area contributed by atoms with Gasteiger partial charge >= 0.3 is 5.97 Å². The number of hydrogen-bond donors (Lipinski definition) is 2. The van der Waals surface area contributed by atoms with E-state index in [1.165, 1.54) is 0 Å². The third-order valence-electron chi connectivity index (χ3n) is 2.80. The lowest BCUT2D eigenvalue weighted by atomic mass is 9.93. The van der Waals surface area contributed by atoms with Gasteiger partial charge in [0.2, 0.25) is 0 Å². The molecular weight excluding hydrogens is 196 g/mol.